The van der Waals surface area contributed by atoms with Gasteiger partial charge in [0.15, 0.2) is 6.04 Å². The van der Waals surface area contributed by atoms with Gasteiger partial charge in [-0.3, -0.25) is 4.79 Å². The lowest BCUT2D eigenvalue weighted by Gasteiger charge is -2.12. The minimum absolute atomic E-state index is 0.321. The first-order valence-corrected chi connectivity index (χ1v) is 5.24. The Labute approximate surface area is 100 Å². The summed E-state index contributed by atoms with van der Waals surface area (Å²) in [5, 5.41) is 19.6. The van der Waals surface area contributed by atoms with Crippen LogP contribution in [-0.4, -0.2) is 34.7 Å². The van der Waals surface area contributed by atoms with Crippen LogP contribution in [0.1, 0.15) is 10.4 Å². The van der Waals surface area contributed by atoms with Crippen LogP contribution in [0, 0.1) is 0 Å². The summed E-state index contributed by atoms with van der Waals surface area (Å²) < 4.78 is 0.564. The zero-order valence-electron chi connectivity index (χ0n) is 8.18. The molecule has 5 nitrogen and oxygen atoms in total. The number of aliphatic hydroxyl groups excluding tert-OH is 1. The van der Waals surface area contributed by atoms with E-state index in [1.807, 2.05) is 0 Å². The van der Waals surface area contributed by atoms with E-state index in [0.29, 0.717) is 10.0 Å². The largest absolute Gasteiger partial charge is 0.480 e. The molecule has 1 aromatic rings. The maximum absolute atomic E-state index is 11.6. The highest BCUT2D eigenvalue weighted by Gasteiger charge is 2.20. The average molecular weight is 288 g/mol. The fourth-order valence-electron chi connectivity index (χ4n) is 1.07. The second-order valence-corrected chi connectivity index (χ2v) is 3.88. The number of carbonyl (C=O) groups excluding carboxylic acids is 1. The molecule has 1 atom stereocenters. The molecule has 0 unspecified atom stereocenters. The number of aliphatic carboxylic acids is 1. The number of nitrogens with one attached hydrogen (secondary N) is 1. The highest BCUT2D eigenvalue weighted by atomic mass is 79.9. The summed E-state index contributed by atoms with van der Waals surface area (Å²) in [6, 6.07) is 5.33. The quantitative estimate of drug-likeness (QED) is 0.758. The smallest absolute Gasteiger partial charge is 0.328 e. The van der Waals surface area contributed by atoms with Gasteiger partial charge in [-0.1, -0.05) is 12.1 Å². The van der Waals surface area contributed by atoms with Crippen molar-refractivity contribution in [2.24, 2.45) is 0 Å². The van der Waals surface area contributed by atoms with E-state index in [9.17, 15) is 9.59 Å². The Morgan fingerprint density at radius 1 is 1.38 bits per heavy atom. The van der Waals surface area contributed by atoms with E-state index in [1.54, 1.807) is 24.3 Å². The van der Waals surface area contributed by atoms with Gasteiger partial charge in [0, 0.05) is 4.47 Å². The van der Waals surface area contributed by atoms with E-state index in [-0.39, 0.29) is 0 Å². The van der Waals surface area contributed by atoms with Crippen LogP contribution in [0.2, 0.25) is 0 Å². The van der Waals surface area contributed by atoms with Crippen molar-refractivity contribution < 1.29 is 19.8 Å². The van der Waals surface area contributed by atoms with Crippen LogP contribution in [0.15, 0.2) is 28.7 Å². The third-order valence-corrected chi connectivity index (χ3v) is 2.60. The molecule has 0 bridgehead atoms. The average Bonchev–Trinajstić information content (AvgIpc) is 2.25. The lowest BCUT2D eigenvalue weighted by Crippen LogP contribution is -2.43. The lowest BCUT2D eigenvalue weighted by atomic mass is 10.2. The third-order valence-electron chi connectivity index (χ3n) is 1.90. The normalized spacial score (nSPS) is 11.9. The van der Waals surface area contributed by atoms with Crippen LogP contribution in [0.4, 0.5) is 0 Å². The first kappa shape index (κ1) is 12.7. The molecule has 1 rings (SSSR count). The Hall–Kier alpha value is -1.40. The molecule has 6 heteroatoms. The third kappa shape index (κ3) is 3.04. The van der Waals surface area contributed by atoms with Crippen LogP contribution >= 0.6 is 15.9 Å². The number of carboxylic acid groups (broad SMARTS) is 1. The van der Waals surface area contributed by atoms with Gasteiger partial charge in [-0.2, -0.15) is 0 Å². The molecule has 0 aliphatic carbocycles. The number of rotatable bonds is 4. The molecule has 86 valence electrons. The zero-order chi connectivity index (χ0) is 12.1. The van der Waals surface area contributed by atoms with E-state index in [0.717, 1.165) is 0 Å². The summed E-state index contributed by atoms with van der Waals surface area (Å²) in [6.07, 6.45) is 0. The van der Waals surface area contributed by atoms with Crippen LogP contribution in [0.3, 0.4) is 0 Å². The lowest BCUT2D eigenvalue weighted by molar-refractivity contribution is -0.140. The van der Waals surface area contributed by atoms with Gasteiger partial charge in [-0.05, 0) is 28.1 Å². The number of benzene rings is 1. The van der Waals surface area contributed by atoms with Crippen molar-refractivity contribution in [3.63, 3.8) is 0 Å². The molecule has 0 fully saturated rings. The molecule has 0 aliphatic rings. The second kappa shape index (κ2) is 5.62. The van der Waals surface area contributed by atoms with E-state index in [4.69, 9.17) is 10.2 Å². The number of amides is 1. The highest BCUT2D eigenvalue weighted by molar-refractivity contribution is 9.10. The summed E-state index contributed by atoms with van der Waals surface area (Å²) in [5.74, 6) is -1.82. The summed E-state index contributed by atoms with van der Waals surface area (Å²) in [7, 11) is 0. The first-order chi connectivity index (χ1) is 7.56. The van der Waals surface area contributed by atoms with Gasteiger partial charge in [0.05, 0.1) is 12.2 Å². The van der Waals surface area contributed by atoms with E-state index in [1.165, 1.54) is 0 Å². The minimum atomic E-state index is -1.29. The molecule has 0 radical (unpaired) electrons. The maximum Gasteiger partial charge on any atom is 0.328 e. The molecule has 1 amide bonds. The molecule has 0 saturated carbocycles. The predicted molar refractivity (Wildman–Crippen MR) is 60.1 cm³/mol. The van der Waals surface area contributed by atoms with Crippen molar-refractivity contribution in [3.8, 4) is 0 Å². The van der Waals surface area contributed by atoms with Gasteiger partial charge in [0.2, 0.25) is 0 Å². The molecule has 0 heterocycles. The number of carbonyl (C=O) groups is 2. The summed E-state index contributed by atoms with van der Waals surface area (Å²) in [5.41, 5.74) is 0.321. The molecule has 0 spiro atoms. The Morgan fingerprint density at radius 3 is 2.50 bits per heavy atom. The first-order valence-electron chi connectivity index (χ1n) is 4.45. The van der Waals surface area contributed by atoms with Crippen molar-refractivity contribution in [1.29, 1.82) is 0 Å². The van der Waals surface area contributed by atoms with Gasteiger partial charge < -0.3 is 15.5 Å². The van der Waals surface area contributed by atoms with Crippen molar-refractivity contribution in [3.05, 3.63) is 34.3 Å². The Bertz CT molecular complexity index is 408. The second-order valence-electron chi connectivity index (χ2n) is 3.03. The number of aliphatic hydroxyl groups is 1. The van der Waals surface area contributed by atoms with Crippen LogP contribution < -0.4 is 5.32 Å². The molecule has 3 N–H and O–H groups in total. The molecular weight excluding hydrogens is 278 g/mol. The summed E-state index contributed by atoms with van der Waals surface area (Å²) in [6.45, 7) is -0.647. The van der Waals surface area contributed by atoms with E-state index in [2.05, 4.69) is 21.2 Å². The predicted octanol–water partition coefficient (Wildman–Crippen LogP) is 0.624. The van der Waals surface area contributed by atoms with Gasteiger partial charge in [-0.25, -0.2) is 4.79 Å². The molecule has 0 saturated heterocycles. The fraction of sp³-hybridized carbons (Fsp3) is 0.200. The minimum Gasteiger partial charge on any atom is -0.480 e. The topological polar surface area (TPSA) is 86.6 Å². The van der Waals surface area contributed by atoms with E-state index < -0.39 is 24.5 Å². The van der Waals surface area contributed by atoms with Crippen LogP contribution in [0.5, 0.6) is 0 Å². The number of carboxylic acids is 1. The SMILES string of the molecule is O=C(N[C@H](CO)C(=O)O)c1ccccc1Br. The molecule has 0 aliphatic heterocycles. The zero-order valence-corrected chi connectivity index (χ0v) is 9.77. The van der Waals surface area contributed by atoms with E-state index >= 15 is 0 Å². The van der Waals surface area contributed by atoms with Crippen LogP contribution in [0.25, 0.3) is 0 Å². The van der Waals surface area contributed by atoms with Crippen molar-refractivity contribution >= 4 is 27.8 Å². The molecular formula is C10H10BrNO4. The van der Waals surface area contributed by atoms with Gasteiger partial charge in [0.1, 0.15) is 0 Å². The Kier molecular flexibility index (Phi) is 4.45. The van der Waals surface area contributed by atoms with Crippen molar-refractivity contribution in [1.82, 2.24) is 5.32 Å². The maximum atomic E-state index is 11.6. The highest BCUT2D eigenvalue weighted by Crippen LogP contribution is 2.15. The van der Waals surface area contributed by atoms with Crippen molar-refractivity contribution in [2.75, 3.05) is 6.61 Å². The van der Waals surface area contributed by atoms with Gasteiger partial charge in [-0.15, -0.1) is 0 Å². The monoisotopic (exact) mass is 287 g/mol. The molecule has 0 aromatic heterocycles. The number of hydrogen-bond acceptors (Lipinski definition) is 3. The van der Waals surface area contributed by atoms with Crippen molar-refractivity contribution in [2.45, 2.75) is 6.04 Å². The standard InChI is InChI=1S/C10H10BrNO4/c11-7-4-2-1-3-6(7)9(14)12-8(5-13)10(15)16/h1-4,8,13H,5H2,(H,12,14)(H,15,16)/t8-/m1/s1. The number of halogens is 1. The summed E-state index contributed by atoms with van der Waals surface area (Å²) >= 11 is 3.17. The summed E-state index contributed by atoms with van der Waals surface area (Å²) in [4.78, 5) is 22.2. The van der Waals surface area contributed by atoms with Crippen LogP contribution in [-0.2, 0) is 4.79 Å². The molecule has 16 heavy (non-hydrogen) atoms. The Morgan fingerprint density at radius 2 is 2.00 bits per heavy atom. The van der Waals surface area contributed by atoms with Gasteiger partial charge >= 0.3 is 5.97 Å². The fourth-order valence-corrected chi connectivity index (χ4v) is 1.53. The molecule has 1 aromatic carbocycles. The van der Waals surface area contributed by atoms with Gasteiger partial charge in [0.25, 0.3) is 5.91 Å². The number of hydrogen-bond donors (Lipinski definition) is 3. The Balaban J connectivity index is 2.80.